The molecular formula is C16H17FN2O2. The van der Waals surface area contributed by atoms with Crippen molar-refractivity contribution in [2.75, 3.05) is 0 Å². The van der Waals surface area contributed by atoms with Crippen molar-refractivity contribution in [3.63, 3.8) is 0 Å². The first-order chi connectivity index (χ1) is 9.88. The van der Waals surface area contributed by atoms with E-state index >= 15 is 0 Å². The second kappa shape index (κ2) is 5.99. The van der Waals surface area contributed by atoms with E-state index in [0.717, 1.165) is 17.0 Å². The van der Waals surface area contributed by atoms with Crippen molar-refractivity contribution >= 4 is 5.97 Å². The Morgan fingerprint density at radius 1 is 1.29 bits per heavy atom. The van der Waals surface area contributed by atoms with E-state index in [1.54, 1.807) is 19.1 Å². The fourth-order valence-electron chi connectivity index (χ4n) is 2.19. The number of rotatable bonds is 4. The Morgan fingerprint density at radius 2 is 1.90 bits per heavy atom. The molecule has 21 heavy (non-hydrogen) atoms. The number of hydrogen-bond donors (Lipinski definition) is 1. The molecule has 4 nitrogen and oxygen atoms in total. The Hall–Kier alpha value is -2.30. The molecule has 1 atom stereocenters. The zero-order valence-corrected chi connectivity index (χ0v) is 12.2. The Balaban J connectivity index is 2.39. The number of aromatic nitrogens is 2. The van der Waals surface area contributed by atoms with Gasteiger partial charge in [0, 0.05) is 17.0 Å². The molecule has 110 valence electrons. The lowest BCUT2D eigenvalue weighted by molar-refractivity contribution is -0.141. The molecule has 1 aromatic heterocycles. The Bertz CT molecular complexity index is 663. The van der Waals surface area contributed by atoms with Gasteiger partial charge in [-0.25, -0.2) is 14.4 Å². The van der Waals surface area contributed by atoms with Gasteiger partial charge >= 0.3 is 5.97 Å². The molecular weight excluding hydrogens is 271 g/mol. The lowest BCUT2D eigenvalue weighted by Crippen LogP contribution is -2.15. The van der Waals surface area contributed by atoms with Gasteiger partial charge in [-0.15, -0.1) is 0 Å². The van der Waals surface area contributed by atoms with Crippen molar-refractivity contribution in [2.45, 2.75) is 27.2 Å². The van der Waals surface area contributed by atoms with Crippen LogP contribution in [-0.4, -0.2) is 21.0 Å². The second-order valence-electron chi connectivity index (χ2n) is 5.15. The van der Waals surface area contributed by atoms with Crippen LogP contribution in [0.4, 0.5) is 4.39 Å². The summed E-state index contributed by atoms with van der Waals surface area (Å²) in [5.41, 5.74) is 2.91. The third-order valence-electron chi connectivity index (χ3n) is 3.44. The molecule has 1 unspecified atom stereocenters. The summed E-state index contributed by atoms with van der Waals surface area (Å²) in [4.78, 5) is 19.7. The smallest absolute Gasteiger partial charge is 0.306 e. The number of benzene rings is 1. The first kappa shape index (κ1) is 15.1. The molecule has 2 aromatic rings. The molecule has 0 aliphatic rings. The van der Waals surface area contributed by atoms with Crippen LogP contribution in [0.5, 0.6) is 0 Å². The first-order valence-electron chi connectivity index (χ1n) is 6.71. The van der Waals surface area contributed by atoms with Gasteiger partial charge < -0.3 is 5.11 Å². The normalized spacial score (nSPS) is 12.2. The van der Waals surface area contributed by atoms with Gasteiger partial charge in [-0.1, -0.05) is 19.1 Å². The summed E-state index contributed by atoms with van der Waals surface area (Å²) in [5, 5.41) is 9.01. The molecule has 1 aromatic carbocycles. The molecule has 0 fully saturated rings. The highest BCUT2D eigenvalue weighted by Gasteiger charge is 2.17. The van der Waals surface area contributed by atoms with Crippen molar-refractivity contribution in [1.29, 1.82) is 0 Å². The van der Waals surface area contributed by atoms with Gasteiger partial charge in [0.1, 0.15) is 5.82 Å². The number of aryl methyl sites for hydroxylation is 2. The minimum absolute atomic E-state index is 0.338. The molecule has 0 saturated carbocycles. The molecule has 1 heterocycles. The van der Waals surface area contributed by atoms with E-state index in [4.69, 9.17) is 5.11 Å². The van der Waals surface area contributed by atoms with Crippen molar-refractivity contribution in [2.24, 2.45) is 5.92 Å². The van der Waals surface area contributed by atoms with Gasteiger partial charge in [-0.05, 0) is 38.0 Å². The highest BCUT2D eigenvalue weighted by Crippen LogP contribution is 2.21. The largest absolute Gasteiger partial charge is 0.481 e. The summed E-state index contributed by atoms with van der Waals surface area (Å²) in [5.74, 6) is -1.22. The highest BCUT2D eigenvalue weighted by atomic mass is 19.1. The lowest BCUT2D eigenvalue weighted by Gasteiger charge is -2.13. The number of halogens is 1. The van der Waals surface area contributed by atoms with Crippen molar-refractivity contribution in [3.8, 4) is 11.4 Å². The average Bonchev–Trinajstić information content (AvgIpc) is 2.42. The SMILES string of the molecule is Cc1nc(-c2cccc(F)c2)nc(C)c1CC(C)C(=O)O. The number of carboxylic acids is 1. The fourth-order valence-corrected chi connectivity index (χ4v) is 2.19. The first-order valence-corrected chi connectivity index (χ1v) is 6.71. The van der Waals surface area contributed by atoms with E-state index in [2.05, 4.69) is 9.97 Å². The van der Waals surface area contributed by atoms with Crippen LogP contribution < -0.4 is 0 Å². The predicted octanol–water partition coefficient (Wildman–Crippen LogP) is 3.16. The second-order valence-corrected chi connectivity index (χ2v) is 5.15. The van der Waals surface area contributed by atoms with Gasteiger partial charge in [0.2, 0.25) is 0 Å². The highest BCUT2D eigenvalue weighted by molar-refractivity contribution is 5.70. The Morgan fingerprint density at radius 3 is 2.43 bits per heavy atom. The Labute approximate surface area is 122 Å². The third-order valence-corrected chi connectivity index (χ3v) is 3.44. The van der Waals surface area contributed by atoms with Crippen LogP contribution in [-0.2, 0) is 11.2 Å². The monoisotopic (exact) mass is 288 g/mol. The standard InChI is InChI=1S/C16H17FN2O2/c1-9(16(20)21)7-14-10(2)18-15(19-11(14)3)12-5-4-6-13(17)8-12/h4-6,8-9H,7H2,1-3H3,(H,20,21). The maximum atomic E-state index is 13.3. The maximum absolute atomic E-state index is 13.3. The van der Waals surface area contributed by atoms with Crippen LogP contribution in [0.15, 0.2) is 24.3 Å². The van der Waals surface area contributed by atoms with Crippen LogP contribution in [0.2, 0.25) is 0 Å². The molecule has 0 bridgehead atoms. The zero-order chi connectivity index (χ0) is 15.6. The van der Waals surface area contributed by atoms with Crippen LogP contribution in [0, 0.1) is 25.6 Å². The molecule has 0 aliphatic carbocycles. The predicted molar refractivity (Wildman–Crippen MR) is 77.4 cm³/mol. The number of aliphatic carboxylic acids is 1. The van der Waals surface area contributed by atoms with Crippen LogP contribution in [0.1, 0.15) is 23.9 Å². The zero-order valence-electron chi connectivity index (χ0n) is 12.2. The van der Waals surface area contributed by atoms with Crippen molar-refractivity contribution in [3.05, 3.63) is 47.0 Å². The van der Waals surface area contributed by atoms with E-state index in [1.165, 1.54) is 12.1 Å². The quantitative estimate of drug-likeness (QED) is 0.938. The van der Waals surface area contributed by atoms with Crippen molar-refractivity contribution in [1.82, 2.24) is 9.97 Å². The van der Waals surface area contributed by atoms with Gasteiger partial charge in [0.25, 0.3) is 0 Å². The number of nitrogens with zero attached hydrogens (tertiary/aromatic N) is 2. The van der Waals surface area contributed by atoms with Gasteiger partial charge in [-0.2, -0.15) is 0 Å². The minimum atomic E-state index is -0.844. The molecule has 0 spiro atoms. The van der Waals surface area contributed by atoms with Gasteiger partial charge in [0.15, 0.2) is 5.82 Å². The van der Waals surface area contributed by atoms with Gasteiger partial charge in [0.05, 0.1) is 5.92 Å². The number of hydrogen-bond acceptors (Lipinski definition) is 3. The Kier molecular flexibility index (Phi) is 4.31. The summed E-state index contributed by atoms with van der Waals surface area (Å²) >= 11 is 0. The number of carboxylic acid groups (broad SMARTS) is 1. The summed E-state index contributed by atoms with van der Waals surface area (Å²) in [6.45, 7) is 5.30. The maximum Gasteiger partial charge on any atom is 0.306 e. The summed E-state index contributed by atoms with van der Waals surface area (Å²) in [6.07, 6.45) is 0.385. The van der Waals surface area contributed by atoms with E-state index in [9.17, 15) is 9.18 Å². The molecule has 2 rings (SSSR count). The topological polar surface area (TPSA) is 63.1 Å². The van der Waals surface area contributed by atoms with Crippen LogP contribution in [0.25, 0.3) is 11.4 Å². The van der Waals surface area contributed by atoms with Gasteiger partial charge in [-0.3, -0.25) is 4.79 Å². The summed E-state index contributed by atoms with van der Waals surface area (Å²) in [7, 11) is 0. The third kappa shape index (κ3) is 3.42. The molecule has 5 heteroatoms. The molecule has 0 radical (unpaired) electrons. The van der Waals surface area contributed by atoms with Crippen molar-refractivity contribution < 1.29 is 14.3 Å². The van der Waals surface area contributed by atoms with E-state index in [1.807, 2.05) is 13.8 Å². The lowest BCUT2D eigenvalue weighted by atomic mass is 9.99. The van der Waals surface area contributed by atoms with E-state index in [-0.39, 0.29) is 5.82 Å². The molecule has 1 N–H and O–H groups in total. The summed E-state index contributed by atoms with van der Waals surface area (Å²) < 4.78 is 13.3. The minimum Gasteiger partial charge on any atom is -0.481 e. The van der Waals surface area contributed by atoms with Crippen LogP contribution >= 0.6 is 0 Å². The fraction of sp³-hybridized carbons (Fsp3) is 0.312. The van der Waals surface area contributed by atoms with Crippen LogP contribution in [0.3, 0.4) is 0 Å². The van der Waals surface area contributed by atoms with E-state index < -0.39 is 11.9 Å². The van der Waals surface area contributed by atoms with E-state index in [0.29, 0.717) is 17.8 Å². The molecule has 0 aliphatic heterocycles. The number of carbonyl (C=O) groups is 1. The summed E-state index contributed by atoms with van der Waals surface area (Å²) in [6, 6.07) is 6.11. The molecule has 0 saturated heterocycles. The molecule has 0 amide bonds. The average molecular weight is 288 g/mol.